The highest BCUT2D eigenvalue weighted by atomic mass is 79.9. The van der Waals surface area contributed by atoms with E-state index in [0.717, 1.165) is 21.2 Å². The Labute approximate surface area is 147 Å². The second-order valence-corrected chi connectivity index (χ2v) is 6.43. The lowest BCUT2D eigenvalue weighted by Gasteiger charge is -2.05. The Morgan fingerprint density at radius 2 is 1.50 bits per heavy atom. The van der Waals surface area contributed by atoms with E-state index in [-0.39, 0.29) is 5.43 Å². The molecule has 1 N–H and O–H groups in total. The summed E-state index contributed by atoms with van der Waals surface area (Å²) in [5, 5.41) is 4.04. The van der Waals surface area contributed by atoms with Crippen molar-refractivity contribution in [3.63, 3.8) is 0 Å². The van der Waals surface area contributed by atoms with Crippen LogP contribution < -0.4 is 10.1 Å². The number of rotatable bonds is 2. The molecule has 116 valence electrons. The number of nitrogens with zero attached hydrogens (tertiary/aromatic N) is 1. The van der Waals surface area contributed by atoms with Crippen molar-refractivity contribution >= 4 is 26.8 Å². The molecule has 0 saturated heterocycles. The Balaban J connectivity index is 2.14. The van der Waals surface area contributed by atoms with Gasteiger partial charge in [0, 0.05) is 16.6 Å². The predicted octanol–water partition coefficient (Wildman–Crippen LogP) is 4.23. The molecule has 0 atom stereocenters. The highest BCUT2D eigenvalue weighted by molar-refractivity contribution is 9.10. The molecule has 0 aliphatic carbocycles. The molecule has 0 bridgehead atoms. The molecular formula is C20H14BrN2O+. The minimum atomic E-state index is 0.0000954. The van der Waals surface area contributed by atoms with Gasteiger partial charge < -0.3 is 0 Å². The van der Waals surface area contributed by atoms with Crippen molar-refractivity contribution in [3.05, 3.63) is 93.6 Å². The molecular weight excluding hydrogens is 364 g/mol. The second-order valence-electron chi connectivity index (χ2n) is 5.52. The van der Waals surface area contributed by atoms with E-state index in [0.29, 0.717) is 11.1 Å². The summed E-state index contributed by atoms with van der Waals surface area (Å²) in [6, 6.07) is 25.3. The van der Waals surface area contributed by atoms with Crippen LogP contribution in [0.4, 0.5) is 0 Å². The summed E-state index contributed by atoms with van der Waals surface area (Å²) < 4.78 is 2.74. The maximum absolute atomic E-state index is 13.2. The van der Waals surface area contributed by atoms with E-state index in [1.54, 1.807) is 0 Å². The van der Waals surface area contributed by atoms with Crippen LogP contribution in [0.15, 0.2) is 88.1 Å². The SMILES string of the molecule is O=c1c(-c2ccccc2)[n+](-c2ccccc2)[nH]c2ccc(Br)cc12. The zero-order chi connectivity index (χ0) is 16.5. The number of para-hydroxylation sites is 1. The molecule has 0 radical (unpaired) electrons. The van der Waals surface area contributed by atoms with Crippen molar-refractivity contribution in [2.75, 3.05) is 0 Å². The fraction of sp³-hybridized carbons (Fsp3) is 0. The lowest BCUT2D eigenvalue weighted by molar-refractivity contribution is -0.646. The predicted molar refractivity (Wildman–Crippen MR) is 99.2 cm³/mol. The number of H-pyrrole nitrogens is 1. The normalized spacial score (nSPS) is 10.9. The van der Waals surface area contributed by atoms with Crippen LogP contribution >= 0.6 is 15.9 Å². The number of aromatic nitrogens is 2. The molecule has 24 heavy (non-hydrogen) atoms. The first kappa shape index (κ1) is 14.8. The molecule has 4 rings (SSSR count). The molecule has 0 spiro atoms. The van der Waals surface area contributed by atoms with Gasteiger partial charge in [0.25, 0.3) is 11.1 Å². The first-order chi connectivity index (χ1) is 11.7. The number of nitrogens with one attached hydrogen (secondary N) is 1. The van der Waals surface area contributed by atoms with E-state index in [9.17, 15) is 4.79 Å². The molecule has 0 aliphatic rings. The van der Waals surface area contributed by atoms with Crippen molar-refractivity contribution in [2.24, 2.45) is 0 Å². The van der Waals surface area contributed by atoms with Gasteiger partial charge in [-0.05, 0) is 30.3 Å². The van der Waals surface area contributed by atoms with Gasteiger partial charge in [-0.1, -0.05) is 57.0 Å². The molecule has 1 heterocycles. The van der Waals surface area contributed by atoms with Crippen LogP contribution in [0.2, 0.25) is 0 Å². The van der Waals surface area contributed by atoms with E-state index in [1.165, 1.54) is 0 Å². The largest absolute Gasteiger partial charge is 0.291 e. The van der Waals surface area contributed by atoms with Crippen molar-refractivity contribution in [2.45, 2.75) is 0 Å². The molecule has 4 heteroatoms. The van der Waals surface area contributed by atoms with Crippen molar-refractivity contribution in [1.29, 1.82) is 0 Å². The van der Waals surface area contributed by atoms with Crippen molar-refractivity contribution in [3.8, 4) is 16.9 Å². The van der Waals surface area contributed by atoms with Crippen LogP contribution in [0, 0.1) is 0 Å². The summed E-state index contributed by atoms with van der Waals surface area (Å²) >= 11 is 3.45. The van der Waals surface area contributed by atoms with Crippen LogP contribution in [0.3, 0.4) is 0 Å². The number of hydrogen-bond acceptors (Lipinski definition) is 1. The molecule has 3 nitrogen and oxygen atoms in total. The summed E-state index contributed by atoms with van der Waals surface area (Å²) in [5.41, 5.74) is 3.21. The first-order valence-corrected chi connectivity index (χ1v) is 8.42. The summed E-state index contributed by atoms with van der Waals surface area (Å²) in [6.07, 6.45) is 0. The van der Waals surface area contributed by atoms with Gasteiger partial charge >= 0.3 is 0 Å². The first-order valence-electron chi connectivity index (χ1n) is 7.62. The molecule has 1 aromatic heterocycles. The third kappa shape index (κ3) is 2.55. The second kappa shape index (κ2) is 6.06. The van der Waals surface area contributed by atoms with E-state index in [1.807, 2.05) is 83.5 Å². The average Bonchev–Trinajstić information content (AvgIpc) is 2.63. The van der Waals surface area contributed by atoms with Gasteiger partial charge in [0.05, 0.1) is 10.9 Å². The van der Waals surface area contributed by atoms with Gasteiger partial charge in [0.2, 0.25) is 5.69 Å². The highest BCUT2D eigenvalue weighted by Crippen LogP contribution is 2.19. The Morgan fingerprint density at radius 1 is 0.833 bits per heavy atom. The van der Waals surface area contributed by atoms with Gasteiger partial charge in [0.1, 0.15) is 5.52 Å². The molecule has 0 saturated carbocycles. The Bertz CT molecular complexity index is 1070. The topological polar surface area (TPSA) is 36.7 Å². The minimum Gasteiger partial charge on any atom is -0.282 e. The lowest BCUT2D eigenvalue weighted by atomic mass is 10.1. The standard InChI is InChI=1S/C20H13BrN2O/c21-15-11-12-18-17(13-15)20(24)19(14-7-3-1-4-8-14)23(22-18)16-9-5-2-6-10-16/h1-13H/p+1. The van der Waals surface area contributed by atoms with Crippen LogP contribution in [0.5, 0.6) is 0 Å². The summed E-state index contributed by atoms with van der Waals surface area (Å²) in [4.78, 5) is 13.2. The number of halogens is 1. The van der Waals surface area contributed by atoms with Gasteiger partial charge in [-0.2, -0.15) is 5.10 Å². The summed E-state index contributed by atoms with van der Waals surface area (Å²) in [5.74, 6) is 0. The smallest absolute Gasteiger partial charge is 0.282 e. The van der Waals surface area contributed by atoms with Crippen LogP contribution in [0.25, 0.3) is 27.8 Å². The monoisotopic (exact) mass is 377 g/mol. The maximum atomic E-state index is 13.2. The number of benzene rings is 3. The van der Waals surface area contributed by atoms with E-state index < -0.39 is 0 Å². The lowest BCUT2D eigenvalue weighted by Crippen LogP contribution is -2.42. The number of hydrogen-bond donors (Lipinski definition) is 1. The minimum absolute atomic E-state index is 0.0000954. The number of aromatic amines is 1. The Morgan fingerprint density at radius 3 is 2.21 bits per heavy atom. The summed E-state index contributed by atoms with van der Waals surface area (Å²) in [6.45, 7) is 0. The quantitative estimate of drug-likeness (QED) is 0.521. The number of fused-ring (bicyclic) bond motifs is 1. The third-order valence-electron chi connectivity index (χ3n) is 3.96. The maximum Gasteiger partial charge on any atom is 0.291 e. The van der Waals surface area contributed by atoms with Gasteiger partial charge in [-0.15, -0.1) is 0 Å². The Hall–Kier alpha value is -2.72. The Kier molecular flexibility index (Phi) is 3.75. The molecule has 0 fully saturated rings. The fourth-order valence-electron chi connectivity index (χ4n) is 2.83. The van der Waals surface area contributed by atoms with Gasteiger partial charge in [0.15, 0.2) is 0 Å². The van der Waals surface area contributed by atoms with Gasteiger partial charge in [-0.3, -0.25) is 4.79 Å². The highest BCUT2D eigenvalue weighted by Gasteiger charge is 2.23. The zero-order valence-corrected chi connectivity index (χ0v) is 14.3. The molecule has 0 unspecified atom stereocenters. The summed E-state index contributed by atoms with van der Waals surface area (Å²) in [7, 11) is 0. The van der Waals surface area contributed by atoms with Crippen LogP contribution in [0.1, 0.15) is 0 Å². The average molecular weight is 378 g/mol. The fourth-order valence-corrected chi connectivity index (χ4v) is 3.20. The van der Waals surface area contributed by atoms with Crippen molar-refractivity contribution < 1.29 is 4.68 Å². The third-order valence-corrected chi connectivity index (χ3v) is 4.45. The van der Waals surface area contributed by atoms with E-state index >= 15 is 0 Å². The van der Waals surface area contributed by atoms with Crippen LogP contribution in [-0.2, 0) is 0 Å². The zero-order valence-electron chi connectivity index (χ0n) is 12.7. The van der Waals surface area contributed by atoms with Gasteiger partial charge in [-0.25, -0.2) is 0 Å². The molecule has 0 amide bonds. The molecule has 3 aromatic carbocycles. The van der Waals surface area contributed by atoms with Crippen LogP contribution in [-0.4, -0.2) is 5.10 Å². The molecule has 0 aliphatic heterocycles. The van der Waals surface area contributed by atoms with E-state index in [2.05, 4.69) is 21.0 Å². The van der Waals surface area contributed by atoms with Crippen molar-refractivity contribution in [1.82, 2.24) is 5.10 Å². The molecule has 4 aromatic rings. The van der Waals surface area contributed by atoms with E-state index in [4.69, 9.17) is 0 Å².